The lowest BCUT2D eigenvalue weighted by molar-refractivity contribution is 0.0700. The molecule has 0 bridgehead atoms. The molecule has 1 aliphatic heterocycles. The standard InChI is InChI=1S/C13H15F2N3O2/c14-10-4-3-8(6-11(10)15)13(19)18-5-1-2-9(7-18)12(16)17-20/h3-4,6,9,20H,1-2,5,7H2,(H2,16,17). The number of oxime groups is 1. The summed E-state index contributed by atoms with van der Waals surface area (Å²) < 4.78 is 26.0. The first-order chi connectivity index (χ1) is 9.52. The van der Waals surface area contributed by atoms with Crippen LogP contribution >= 0.6 is 0 Å². The maximum Gasteiger partial charge on any atom is 0.253 e. The van der Waals surface area contributed by atoms with Crippen LogP contribution in [0.1, 0.15) is 23.2 Å². The molecule has 0 aromatic heterocycles. The number of piperidine rings is 1. The summed E-state index contributed by atoms with van der Waals surface area (Å²) in [5, 5.41) is 11.6. The number of amides is 1. The van der Waals surface area contributed by atoms with E-state index in [4.69, 9.17) is 10.9 Å². The molecule has 1 aromatic rings. The highest BCUT2D eigenvalue weighted by Crippen LogP contribution is 2.19. The summed E-state index contributed by atoms with van der Waals surface area (Å²) in [7, 11) is 0. The van der Waals surface area contributed by atoms with E-state index in [1.165, 1.54) is 11.0 Å². The summed E-state index contributed by atoms with van der Waals surface area (Å²) in [4.78, 5) is 13.7. The molecule has 5 nitrogen and oxygen atoms in total. The molecule has 1 heterocycles. The first-order valence-electron chi connectivity index (χ1n) is 6.24. The van der Waals surface area contributed by atoms with Crippen molar-refractivity contribution in [3.05, 3.63) is 35.4 Å². The minimum absolute atomic E-state index is 0.0767. The number of nitrogens with two attached hydrogens (primary N) is 1. The fourth-order valence-electron chi connectivity index (χ4n) is 2.30. The van der Waals surface area contributed by atoms with Crippen molar-refractivity contribution in [3.8, 4) is 0 Å². The molecule has 3 N–H and O–H groups in total. The van der Waals surface area contributed by atoms with Gasteiger partial charge in [-0.25, -0.2) is 8.78 Å². The average Bonchev–Trinajstić information content (AvgIpc) is 2.48. The molecular formula is C13H15F2N3O2. The highest BCUT2D eigenvalue weighted by atomic mass is 19.2. The number of benzene rings is 1. The zero-order chi connectivity index (χ0) is 14.7. The van der Waals surface area contributed by atoms with Crippen LogP contribution in [0.2, 0.25) is 0 Å². The number of amidine groups is 1. The average molecular weight is 283 g/mol. The fourth-order valence-corrected chi connectivity index (χ4v) is 2.30. The molecule has 0 spiro atoms. The molecule has 1 aliphatic rings. The molecule has 7 heteroatoms. The van der Waals surface area contributed by atoms with Crippen molar-refractivity contribution < 1.29 is 18.8 Å². The third-order valence-electron chi connectivity index (χ3n) is 3.41. The van der Waals surface area contributed by atoms with E-state index in [0.29, 0.717) is 19.5 Å². The zero-order valence-electron chi connectivity index (χ0n) is 10.7. The molecule has 1 saturated heterocycles. The molecule has 1 amide bonds. The summed E-state index contributed by atoms with van der Waals surface area (Å²) in [6, 6.07) is 3.05. The number of carbonyl (C=O) groups is 1. The molecule has 1 aromatic carbocycles. The highest BCUT2D eigenvalue weighted by Gasteiger charge is 2.27. The van der Waals surface area contributed by atoms with Gasteiger partial charge in [-0.1, -0.05) is 5.16 Å². The number of hydrogen-bond acceptors (Lipinski definition) is 3. The largest absolute Gasteiger partial charge is 0.409 e. The minimum atomic E-state index is -1.05. The topological polar surface area (TPSA) is 78.9 Å². The molecule has 2 rings (SSSR count). The molecule has 1 unspecified atom stereocenters. The Bertz CT molecular complexity index is 548. The van der Waals surface area contributed by atoms with Crippen molar-refractivity contribution in [2.24, 2.45) is 16.8 Å². The van der Waals surface area contributed by atoms with Crippen molar-refractivity contribution >= 4 is 11.7 Å². The summed E-state index contributed by atoms with van der Waals surface area (Å²) in [6.07, 6.45) is 1.42. The van der Waals surface area contributed by atoms with Crippen LogP contribution in [0.3, 0.4) is 0 Å². The Labute approximate surface area is 114 Å². The lowest BCUT2D eigenvalue weighted by atomic mass is 9.96. The first kappa shape index (κ1) is 14.2. The Hall–Kier alpha value is -2.18. The summed E-state index contributed by atoms with van der Waals surface area (Å²) in [6.45, 7) is 0.806. The van der Waals surface area contributed by atoms with E-state index < -0.39 is 11.6 Å². The van der Waals surface area contributed by atoms with Gasteiger partial charge in [0.2, 0.25) is 0 Å². The first-order valence-corrected chi connectivity index (χ1v) is 6.24. The number of carbonyl (C=O) groups excluding carboxylic acids is 1. The van der Waals surface area contributed by atoms with Gasteiger partial charge in [-0.05, 0) is 31.0 Å². The fraction of sp³-hybridized carbons (Fsp3) is 0.385. The summed E-state index contributed by atoms with van der Waals surface area (Å²) >= 11 is 0. The van der Waals surface area contributed by atoms with Gasteiger partial charge in [-0.15, -0.1) is 0 Å². The highest BCUT2D eigenvalue weighted by molar-refractivity contribution is 5.94. The Balaban J connectivity index is 2.14. The Morgan fingerprint density at radius 1 is 1.40 bits per heavy atom. The van der Waals surface area contributed by atoms with E-state index in [1.807, 2.05) is 0 Å². The van der Waals surface area contributed by atoms with Crippen LogP contribution in [0.5, 0.6) is 0 Å². The van der Waals surface area contributed by atoms with Crippen LogP contribution < -0.4 is 5.73 Å². The predicted octanol–water partition coefficient (Wildman–Crippen LogP) is 1.56. The van der Waals surface area contributed by atoms with E-state index in [2.05, 4.69) is 5.16 Å². The second-order valence-corrected chi connectivity index (χ2v) is 4.74. The number of halogens is 2. The monoisotopic (exact) mass is 283 g/mol. The van der Waals surface area contributed by atoms with E-state index in [1.54, 1.807) is 0 Å². The van der Waals surface area contributed by atoms with Gasteiger partial charge in [0.15, 0.2) is 11.6 Å². The molecule has 1 fully saturated rings. The van der Waals surface area contributed by atoms with Gasteiger partial charge < -0.3 is 15.8 Å². The Morgan fingerprint density at radius 3 is 2.80 bits per heavy atom. The third kappa shape index (κ3) is 2.87. The van der Waals surface area contributed by atoms with E-state index in [9.17, 15) is 13.6 Å². The maximum atomic E-state index is 13.1. The van der Waals surface area contributed by atoms with E-state index in [0.717, 1.165) is 18.6 Å². The van der Waals surface area contributed by atoms with Crippen LogP contribution in [0.25, 0.3) is 0 Å². The molecule has 1 atom stereocenters. The SMILES string of the molecule is NC(=NO)C1CCCN(C(=O)c2ccc(F)c(F)c2)C1. The second kappa shape index (κ2) is 5.85. The Morgan fingerprint density at radius 2 is 2.15 bits per heavy atom. The summed E-state index contributed by atoms with van der Waals surface area (Å²) in [5.74, 6) is -2.58. The second-order valence-electron chi connectivity index (χ2n) is 4.74. The van der Waals surface area contributed by atoms with Gasteiger partial charge in [0.25, 0.3) is 5.91 Å². The molecule has 0 aliphatic carbocycles. The quantitative estimate of drug-likeness (QED) is 0.374. The van der Waals surface area contributed by atoms with Crippen LogP contribution in [0, 0.1) is 17.6 Å². The zero-order valence-corrected chi connectivity index (χ0v) is 10.7. The van der Waals surface area contributed by atoms with Crippen molar-refractivity contribution in [2.45, 2.75) is 12.8 Å². The van der Waals surface area contributed by atoms with Crippen molar-refractivity contribution in [1.29, 1.82) is 0 Å². The third-order valence-corrected chi connectivity index (χ3v) is 3.41. The Kier molecular flexibility index (Phi) is 4.16. The van der Waals surface area contributed by atoms with E-state index >= 15 is 0 Å². The minimum Gasteiger partial charge on any atom is -0.409 e. The molecule has 0 saturated carbocycles. The molecule has 20 heavy (non-hydrogen) atoms. The van der Waals surface area contributed by atoms with Gasteiger partial charge in [-0.3, -0.25) is 4.79 Å². The molecule has 0 radical (unpaired) electrons. The lowest BCUT2D eigenvalue weighted by Crippen LogP contribution is -2.44. The summed E-state index contributed by atoms with van der Waals surface area (Å²) in [5.41, 5.74) is 5.63. The van der Waals surface area contributed by atoms with Crippen molar-refractivity contribution in [1.82, 2.24) is 4.90 Å². The smallest absolute Gasteiger partial charge is 0.253 e. The van der Waals surface area contributed by atoms with Gasteiger partial charge in [0.1, 0.15) is 5.84 Å². The predicted molar refractivity (Wildman–Crippen MR) is 68.4 cm³/mol. The number of nitrogens with zero attached hydrogens (tertiary/aromatic N) is 2. The lowest BCUT2D eigenvalue weighted by Gasteiger charge is -2.32. The van der Waals surface area contributed by atoms with Gasteiger partial charge in [0, 0.05) is 24.6 Å². The maximum absolute atomic E-state index is 13.1. The van der Waals surface area contributed by atoms with Crippen LogP contribution in [-0.4, -0.2) is 34.9 Å². The van der Waals surface area contributed by atoms with Crippen LogP contribution in [0.4, 0.5) is 8.78 Å². The van der Waals surface area contributed by atoms with E-state index in [-0.39, 0.29) is 23.2 Å². The number of rotatable bonds is 2. The van der Waals surface area contributed by atoms with Crippen LogP contribution in [-0.2, 0) is 0 Å². The normalized spacial score (nSPS) is 20.0. The van der Waals surface area contributed by atoms with Crippen molar-refractivity contribution in [2.75, 3.05) is 13.1 Å². The molecular weight excluding hydrogens is 268 g/mol. The molecule has 108 valence electrons. The van der Waals surface area contributed by atoms with Gasteiger partial charge in [0.05, 0.1) is 0 Å². The van der Waals surface area contributed by atoms with Gasteiger partial charge in [-0.2, -0.15) is 0 Å². The number of hydrogen-bond donors (Lipinski definition) is 2. The number of likely N-dealkylation sites (tertiary alicyclic amines) is 1. The van der Waals surface area contributed by atoms with Gasteiger partial charge >= 0.3 is 0 Å². The van der Waals surface area contributed by atoms with Crippen molar-refractivity contribution in [3.63, 3.8) is 0 Å². The van der Waals surface area contributed by atoms with Crippen LogP contribution in [0.15, 0.2) is 23.4 Å².